The summed E-state index contributed by atoms with van der Waals surface area (Å²) >= 11 is 0. The second kappa shape index (κ2) is 4.87. The van der Waals surface area contributed by atoms with E-state index in [-0.39, 0.29) is 30.5 Å². The summed E-state index contributed by atoms with van der Waals surface area (Å²) in [5, 5.41) is 22.2. The molecule has 3 rings (SSSR count). The molecule has 0 saturated carbocycles. The Balaban J connectivity index is 0.000000810. The van der Waals surface area contributed by atoms with Crippen LogP contribution in [0.4, 0.5) is 5.82 Å². The quantitative estimate of drug-likeness (QED) is 0.625. The van der Waals surface area contributed by atoms with Gasteiger partial charge in [-0.3, -0.25) is 10.2 Å². The molecule has 9 heteroatoms. The lowest BCUT2D eigenvalue weighted by Crippen LogP contribution is -2.07. The summed E-state index contributed by atoms with van der Waals surface area (Å²) in [5.41, 5.74) is 8.80. The summed E-state index contributed by atoms with van der Waals surface area (Å²) in [6, 6.07) is 0. The molecule has 18 heavy (non-hydrogen) atoms. The highest BCUT2D eigenvalue weighted by atomic mass is 35.5. The number of aromatic nitrogens is 4. The van der Waals surface area contributed by atoms with Crippen LogP contribution in [0, 0.1) is 0 Å². The Labute approximate surface area is 114 Å². The monoisotopic (exact) mass is 291 g/mol. The Morgan fingerprint density at radius 2 is 1.94 bits per heavy atom. The predicted octanol–water partition coefficient (Wildman–Crippen LogP) is 1.02. The molecule has 0 spiro atoms. The third-order valence-corrected chi connectivity index (χ3v) is 2.81. The summed E-state index contributed by atoms with van der Waals surface area (Å²) in [6.07, 6.45) is 1.33. The Bertz CT molecular complexity index is 592. The van der Waals surface area contributed by atoms with Gasteiger partial charge < -0.3 is 10.8 Å². The SMILES string of the molecule is Cl.Cl.Nc1n[nH]c2c1-c1n[nH]c(C(=O)O)c1CC2. The number of carboxylic acid groups (broad SMARTS) is 1. The minimum atomic E-state index is -1.00. The summed E-state index contributed by atoms with van der Waals surface area (Å²) in [6.45, 7) is 0. The van der Waals surface area contributed by atoms with Crippen LogP contribution in [0.25, 0.3) is 11.3 Å². The molecule has 0 atom stereocenters. The molecule has 0 bridgehead atoms. The van der Waals surface area contributed by atoms with Crippen molar-refractivity contribution in [3.8, 4) is 11.3 Å². The molecule has 2 aromatic heterocycles. The van der Waals surface area contributed by atoms with E-state index in [2.05, 4.69) is 20.4 Å². The summed E-state index contributed by atoms with van der Waals surface area (Å²) in [5.74, 6) is -0.640. The van der Waals surface area contributed by atoms with Crippen LogP contribution in [0.5, 0.6) is 0 Å². The van der Waals surface area contributed by atoms with Gasteiger partial charge in [0.05, 0.1) is 5.56 Å². The number of hydrogen-bond acceptors (Lipinski definition) is 4. The first-order chi connectivity index (χ1) is 7.68. The summed E-state index contributed by atoms with van der Waals surface area (Å²) < 4.78 is 0. The highest BCUT2D eigenvalue weighted by Crippen LogP contribution is 2.35. The number of anilines is 1. The number of hydrogen-bond donors (Lipinski definition) is 4. The van der Waals surface area contributed by atoms with Crippen molar-refractivity contribution in [2.75, 3.05) is 5.73 Å². The van der Waals surface area contributed by atoms with Crippen LogP contribution in [0.1, 0.15) is 21.7 Å². The fraction of sp³-hybridized carbons (Fsp3) is 0.222. The largest absolute Gasteiger partial charge is 0.477 e. The number of carbonyl (C=O) groups is 1. The molecule has 2 aromatic rings. The highest BCUT2D eigenvalue weighted by Gasteiger charge is 2.28. The van der Waals surface area contributed by atoms with E-state index < -0.39 is 5.97 Å². The van der Waals surface area contributed by atoms with Crippen molar-refractivity contribution >= 4 is 36.6 Å². The minimum absolute atomic E-state index is 0. The van der Waals surface area contributed by atoms with Crippen molar-refractivity contribution in [1.29, 1.82) is 0 Å². The van der Waals surface area contributed by atoms with E-state index in [0.717, 1.165) is 11.3 Å². The van der Waals surface area contributed by atoms with Gasteiger partial charge in [0, 0.05) is 11.3 Å². The summed E-state index contributed by atoms with van der Waals surface area (Å²) in [4.78, 5) is 10.9. The molecule has 5 N–H and O–H groups in total. The number of aryl methyl sites for hydroxylation is 1. The average molecular weight is 292 g/mol. The van der Waals surface area contributed by atoms with E-state index in [4.69, 9.17) is 10.8 Å². The molecule has 1 aliphatic carbocycles. The fourth-order valence-corrected chi connectivity index (χ4v) is 2.08. The minimum Gasteiger partial charge on any atom is -0.477 e. The van der Waals surface area contributed by atoms with Crippen molar-refractivity contribution in [2.24, 2.45) is 0 Å². The van der Waals surface area contributed by atoms with Crippen LogP contribution >= 0.6 is 24.8 Å². The van der Waals surface area contributed by atoms with Gasteiger partial charge >= 0.3 is 5.97 Å². The zero-order valence-electron chi connectivity index (χ0n) is 9.06. The van der Waals surface area contributed by atoms with E-state index >= 15 is 0 Å². The number of rotatable bonds is 1. The molecule has 0 saturated heterocycles. The van der Waals surface area contributed by atoms with Gasteiger partial charge in [0.15, 0.2) is 5.82 Å². The van der Waals surface area contributed by atoms with Crippen LogP contribution in [-0.2, 0) is 12.8 Å². The van der Waals surface area contributed by atoms with Crippen LogP contribution < -0.4 is 5.73 Å². The van der Waals surface area contributed by atoms with Gasteiger partial charge in [-0.05, 0) is 12.8 Å². The predicted molar refractivity (Wildman–Crippen MR) is 69.4 cm³/mol. The van der Waals surface area contributed by atoms with Crippen molar-refractivity contribution in [3.05, 3.63) is 17.0 Å². The van der Waals surface area contributed by atoms with Crippen LogP contribution in [-0.4, -0.2) is 31.5 Å². The molecule has 0 fully saturated rings. The third-order valence-electron chi connectivity index (χ3n) is 2.81. The van der Waals surface area contributed by atoms with Crippen LogP contribution in [0.15, 0.2) is 0 Å². The molecule has 0 aromatic carbocycles. The maximum absolute atomic E-state index is 10.9. The van der Waals surface area contributed by atoms with Gasteiger partial charge in [-0.2, -0.15) is 10.2 Å². The zero-order chi connectivity index (χ0) is 11.3. The Morgan fingerprint density at radius 3 is 2.61 bits per heavy atom. The van der Waals surface area contributed by atoms with Crippen molar-refractivity contribution < 1.29 is 9.90 Å². The first-order valence-corrected chi connectivity index (χ1v) is 4.82. The number of fused-ring (bicyclic) bond motifs is 3. The van der Waals surface area contributed by atoms with Crippen molar-refractivity contribution in [1.82, 2.24) is 20.4 Å². The first kappa shape index (κ1) is 14.3. The van der Waals surface area contributed by atoms with Crippen LogP contribution in [0.2, 0.25) is 0 Å². The van der Waals surface area contributed by atoms with Crippen LogP contribution in [0.3, 0.4) is 0 Å². The average Bonchev–Trinajstić information content (AvgIpc) is 2.81. The molecule has 2 heterocycles. The molecule has 1 aliphatic rings. The molecule has 7 nitrogen and oxygen atoms in total. The van der Waals surface area contributed by atoms with E-state index in [1.54, 1.807) is 0 Å². The number of nitrogens with two attached hydrogens (primary N) is 1. The van der Waals surface area contributed by atoms with Crippen molar-refractivity contribution in [3.63, 3.8) is 0 Å². The number of aromatic amines is 2. The summed E-state index contributed by atoms with van der Waals surface area (Å²) in [7, 11) is 0. The lowest BCUT2D eigenvalue weighted by Gasteiger charge is -2.10. The van der Waals surface area contributed by atoms with Crippen molar-refractivity contribution in [2.45, 2.75) is 12.8 Å². The number of nitrogens with zero attached hydrogens (tertiary/aromatic N) is 2. The van der Waals surface area contributed by atoms with Gasteiger partial charge in [0.25, 0.3) is 0 Å². The lowest BCUT2D eigenvalue weighted by atomic mass is 9.93. The number of halogens is 2. The lowest BCUT2D eigenvalue weighted by molar-refractivity contribution is 0.0689. The standard InChI is InChI=1S/C9H9N5O2.2ClH/c10-8-5-4(11-14-8)2-1-3-6(5)12-13-7(3)9(15)16;;/h1-2H2,(H,12,13)(H,15,16)(H3,10,11,14);2*1H. The highest BCUT2D eigenvalue weighted by molar-refractivity contribution is 5.91. The Morgan fingerprint density at radius 1 is 1.22 bits per heavy atom. The molecular formula is C9H11Cl2N5O2. The molecule has 98 valence electrons. The van der Waals surface area contributed by atoms with E-state index in [0.29, 0.717) is 29.9 Å². The van der Waals surface area contributed by atoms with Gasteiger partial charge in [0.1, 0.15) is 11.4 Å². The number of carboxylic acids is 1. The first-order valence-electron chi connectivity index (χ1n) is 4.82. The molecule has 0 unspecified atom stereocenters. The topological polar surface area (TPSA) is 121 Å². The number of H-pyrrole nitrogens is 2. The maximum atomic E-state index is 10.9. The maximum Gasteiger partial charge on any atom is 0.354 e. The van der Waals surface area contributed by atoms with E-state index in [1.165, 1.54) is 0 Å². The zero-order valence-corrected chi connectivity index (χ0v) is 10.7. The number of nitrogen functional groups attached to an aromatic ring is 1. The number of aromatic carboxylic acids is 1. The second-order valence-corrected chi connectivity index (χ2v) is 3.69. The Hall–Kier alpha value is -1.73. The van der Waals surface area contributed by atoms with E-state index in [1.807, 2.05) is 0 Å². The number of nitrogens with one attached hydrogen (secondary N) is 2. The van der Waals surface area contributed by atoms with E-state index in [9.17, 15) is 4.79 Å². The Kier molecular flexibility index (Phi) is 3.88. The molecular weight excluding hydrogens is 281 g/mol. The fourth-order valence-electron chi connectivity index (χ4n) is 2.08. The van der Waals surface area contributed by atoms with Gasteiger partial charge in [-0.1, -0.05) is 0 Å². The third kappa shape index (κ3) is 1.81. The van der Waals surface area contributed by atoms with Gasteiger partial charge in [-0.25, -0.2) is 4.79 Å². The molecule has 0 amide bonds. The molecule has 0 aliphatic heterocycles. The molecule has 0 radical (unpaired) electrons. The van der Waals surface area contributed by atoms with Gasteiger partial charge in [0.2, 0.25) is 0 Å². The normalized spacial score (nSPS) is 11.8. The smallest absolute Gasteiger partial charge is 0.354 e. The van der Waals surface area contributed by atoms with Gasteiger partial charge in [-0.15, -0.1) is 24.8 Å². The second-order valence-electron chi connectivity index (χ2n) is 3.69.